The van der Waals surface area contributed by atoms with E-state index in [4.69, 9.17) is 11.6 Å². The minimum absolute atomic E-state index is 0.202. The third-order valence-electron chi connectivity index (χ3n) is 4.90. The van der Waals surface area contributed by atoms with Gasteiger partial charge in [-0.2, -0.15) is 0 Å². The van der Waals surface area contributed by atoms with Crippen LogP contribution in [0.1, 0.15) is 6.42 Å². The normalized spacial score (nSPS) is 14.8. The second-order valence-electron chi connectivity index (χ2n) is 6.52. The van der Waals surface area contributed by atoms with Gasteiger partial charge in [0.1, 0.15) is 0 Å². The van der Waals surface area contributed by atoms with E-state index in [2.05, 4.69) is 20.5 Å². The van der Waals surface area contributed by atoms with Gasteiger partial charge in [-0.3, -0.25) is 4.79 Å². The maximum atomic E-state index is 12.6. The van der Waals surface area contributed by atoms with Crippen LogP contribution in [0.5, 0.6) is 0 Å². The number of fused-ring (bicyclic) bond motifs is 1. The zero-order valence-corrected chi connectivity index (χ0v) is 15.3. The number of amides is 1. The number of carbonyl (C=O) groups is 1. The third-order valence-corrected chi connectivity index (χ3v) is 5.13. The molecule has 0 bridgehead atoms. The molecule has 0 radical (unpaired) electrons. The number of piperazine rings is 1. The Morgan fingerprint density at radius 2 is 1.85 bits per heavy atom. The summed E-state index contributed by atoms with van der Waals surface area (Å²) in [4.78, 5) is 21.2. The van der Waals surface area contributed by atoms with Gasteiger partial charge in [-0.05, 0) is 30.3 Å². The molecule has 1 aliphatic heterocycles. The molecule has 3 aromatic rings. The van der Waals surface area contributed by atoms with Crippen LogP contribution in [-0.4, -0.2) is 46.5 Å². The number of hydrogen-bond acceptors (Lipinski definition) is 3. The van der Waals surface area contributed by atoms with Crippen LogP contribution in [0.2, 0.25) is 5.02 Å². The summed E-state index contributed by atoms with van der Waals surface area (Å²) >= 11 is 6.08. The summed E-state index contributed by atoms with van der Waals surface area (Å²) in [5.74, 6) is 0.202. The molecule has 0 unspecified atom stereocenters. The monoisotopic (exact) mass is 368 g/mol. The van der Waals surface area contributed by atoms with Crippen LogP contribution in [0.25, 0.3) is 11.0 Å². The zero-order valence-electron chi connectivity index (χ0n) is 14.5. The van der Waals surface area contributed by atoms with Crippen LogP contribution in [0.4, 0.5) is 5.69 Å². The van der Waals surface area contributed by atoms with Gasteiger partial charge in [0.05, 0.1) is 17.4 Å². The van der Waals surface area contributed by atoms with Crippen molar-refractivity contribution in [3.63, 3.8) is 0 Å². The number of aryl methyl sites for hydroxylation is 1. The van der Waals surface area contributed by atoms with Gasteiger partial charge in [-0.1, -0.05) is 29.8 Å². The zero-order chi connectivity index (χ0) is 17.9. The molecule has 4 rings (SSSR count). The number of carbonyl (C=O) groups excluding carboxylic acids is 1. The number of aromatic nitrogens is 2. The number of benzene rings is 2. The fraction of sp³-hybridized carbons (Fsp3) is 0.300. The van der Waals surface area contributed by atoms with Crippen LogP contribution in [0.3, 0.4) is 0 Å². The number of imidazole rings is 1. The maximum absolute atomic E-state index is 12.6. The van der Waals surface area contributed by atoms with Gasteiger partial charge in [-0.25, -0.2) is 4.98 Å². The second-order valence-corrected chi connectivity index (χ2v) is 6.96. The first-order chi connectivity index (χ1) is 12.7. The lowest BCUT2D eigenvalue weighted by Gasteiger charge is -2.36. The topological polar surface area (TPSA) is 41.4 Å². The van der Waals surface area contributed by atoms with Crippen molar-refractivity contribution < 1.29 is 4.79 Å². The molecule has 0 aliphatic carbocycles. The molecule has 1 saturated heterocycles. The first-order valence-corrected chi connectivity index (χ1v) is 9.27. The van der Waals surface area contributed by atoms with Gasteiger partial charge in [0, 0.05) is 49.9 Å². The van der Waals surface area contributed by atoms with Gasteiger partial charge in [0.2, 0.25) is 5.91 Å². The van der Waals surface area contributed by atoms with E-state index in [0.29, 0.717) is 13.0 Å². The second kappa shape index (κ2) is 7.38. The first-order valence-electron chi connectivity index (χ1n) is 8.89. The minimum Gasteiger partial charge on any atom is -0.368 e. The van der Waals surface area contributed by atoms with E-state index in [0.717, 1.165) is 47.9 Å². The van der Waals surface area contributed by atoms with Crippen molar-refractivity contribution >= 4 is 34.2 Å². The molecule has 0 N–H and O–H groups in total. The van der Waals surface area contributed by atoms with Crippen LogP contribution in [-0.2, 0) is 11.3 Å². The molecule has 1 aliphatic rings. The summed E-state index contributed by atoms with van der Waals surface area (Å²) in [5.41, 5.74) is 3.16. The number of anilines is 1. The maximum Gasteiger partial charge on any atom is 0.224 e. The molecular weight excluding hydrogens is 348 g/mol. The van der Waals surface area contributed by atoms with Crippen molar-refractivity contribution in [1.29, 1.82) is 0 Å². The third kappa shape index (κ3) is 3.53. The van der Waals surface area contributed by atoms with Crippen LogP contribution < -0.4 is 4.90 Å². The Hall–Kier alpha value is -2.53. The largest absolute Gasteiger partial charge is 0.368 e. The molecule has 0 atom stereocenters. The van der Waals surface area contributed by atoms with Crippen LogP contribution in [0, 0.1) is 0 Å². The summed E-state index contributed by atoms with van der Waals surface area (Å²) < 4.78 is 2.05. The average Bonchev–Trinajstić information content (AvgIpc) is 3.09. The summed E-state index contributed by atoms with van der Waals surface area (Å²) in [7, 11) is 0. The van der Waals surface area contributed by atoms with E-state index in [1.165, 1.54) is 0 Å². The van der Waals surface area contributed by atoms with E-state index in [-0.39, 0.29) is 5.91 Å². The van der Waals surface area contributed by atoms with Crippen molar-refractivity contribution in [3.05, 3.63) is 59.9 Å². The van der Waals surface area contributed by atoms with Gasteiger partial charge in [0.25, 0.3) is 0 Å². The van der Waals surface area contributed by atoms with E-state index in [9.17, 15) is 4.79 Å². The Bertz CT molecular complexity index is 915. The molecule has 2 heterocycles. The highest BCUT2D eigenvalue weighted by atomic mass is 35.5. The lowest BCUT2D eigenvalue weighted by molar-refractivity contribution is -0.131. The van der Waals surface area contributed by atoms with Gasteiger partial charge in [0.15, 0.2) is 0 Å². The van der Waals surface area contributed by atoms with Crippen LogP contribution >= 0.6 is 11.6 Å². The van der Waals surface area contributed by atoms with E-state index < -0.39 is 0 Å². The Labute approximate surface area is 157 Å². The lowest BCUT2D eigenvalue weighted by atomic mass is 10.2. The fourth-order valence-electron chi connectivity index (χ4n) is 3.45. The summed E-state index contributed by atoms with van der Waals surface area (Å²) in [6.45, 7) is 3.82. The highest BCUT2D eigenvalue weighted by Crippen LogP contribution is 2.21. The van der Waals surface area contributed by atoms with Gasteiger partial charge >= 0.3 is 0 Å². The Morgan fingerprint density at radius 3 is 2.65 bits per heavy atom. The van der Waals surface area contributed by atoms with Crippen molar-refractivity contribution in [2.45, 2.75) is 13.0 Å². The van der Waals surface area contributed by atoms with Crippen molar-refractivity contribution in [2.24, 2.45) is 0 Å². The van der Waals surface area contributed by atoms with E-state index in [1.54, 1.807) is 0 Å². The molecule has 0 spiro atoms. The molecule has 1 fully saturated rings. The molecule has 2 aromatic carbocycles. The Kier molecular flexibility index (Phi) is 4.80. The van der Waals surface area contributed by atoms with Crippen molar-refractivity contribution in [1.82, 2.24) is 14.5 Å². The standard InChI is InChI=1S/C20H21ClN4O/c21-16-4-3-5-17(14-16)23-10-12-24(13-11-23)20(26)8-9-25-15-22-18-6-1-2-7-19(18)25/h1-7,14-15H,8-13H2. The number of para-hydroxylation sites is 2. The smallest absolute Gasteiger partial charge is 0.224 e. The molecular formula is C20H21ClN4O. The summed E-state index contributed by atoms with van der Waals surface area (Å²) in [6, 6.07) is 15.9. The lowest BCUT2D eigenvalue weighted by Crippen LogP contribution is -2.48. The summed E-state index contributed by atoms with van der Waals surface area (Å²) in [5, 5.41) is 0.744. The Morgan fingerprint density at radius 1 is 1.04 bits per heavy atom. The predicted molar refractivity (Wildman–Crippen MR) is 105 cm³/mol. The highest BCUT2D eigenvalue weighted by Gasteiger charge is 2.21. The van der Waals surface area contributed by atoms with Crippen molar-refractivity contribution in [2.75, 3.05) is 31.1 Å². The molecule has 5 nitrogen and oxygen atoms in total. The van der Waals surface area contributed by atoms with E-state index in [1.807, 2.05) is 53.7 Å². The fourth-order valence-corrected chi connectivity index (χ4v) is 3.63. The quantitative estimate of drug-likeness (QED) is 0.708. The summed E-state index contributed by atoms with van der Waals surface area (Å²) in [6.07, 6.45) is 2.31. The highest BCUT2D eigenvalue weighted by molar-refractivity contribution is 6.30. The molecule has 1 aromatic heterocycles. The number of rotatable bonds is 4. The SMILES string of the molecule is O=C(CCn1cnc2ccccc21)N1CCN(c2cccc(Cl)c2)CC1. The molecule has 0 saturated carbocycles. The van der Waals surface area contributed by atoms with Crippen molar-refractivity contribution in [3.8, 4) is 0 Å². The predicted octanol–water partition coefficient (Wildman–Crippen LogP) is 3.43. The van der Waals surface area contributed by atoms with E-state index >= 15 is 0 Å². The number of nitrogens with zero attached hydrogens (tertiary/aromatic N) is 4. The van der Waals surface area contributed by atoms with Crippen LogP contribution in [0.15, 0.2) is 54.9 Å². The number of halogens is 1. The minimum atomic E-state index is 0.202. The molecule has 134 valence electrons. The average molecular weight is 369 g/mol. The van der Waals surface area contributed by atoms with Gasteiger partial charge in [-0.15, -0.1) is 0 Å². The molecule has 1 amide bonds. The Balaban J connectivity index is 1.32. The molecule has 6 heteroatoms. The van der Waals surface area contributed by atoms with Gasteiger partial charge < -0.3 is 14.4 Å². The first kappa shape index (κ1) is 16.9. The number of hydrogen-bond donors (Lipinski definition) is 0. The molecule has 26 heavy (non-hydrogen) atoms.